The van der Waals surface area contributed by atoms with Gasteiger partial charge < -0.3 is 19.3 Å². The number of aliphatic hydroxyl groups excluding tert-OH is 1. The molecule has 0 bridgehead atoms. The van der Waals surface area contributed by atoms with E-state index in [1.165, 1.54) is 11.1 Å². The van der Waals surface area contributed by atoms with E-state index in [0.717, 1.165) is 12.1 Å². The number of fused-ring (bicyclic) bond motifs is 3. The van der Waals surface area contributed by atoms with Gasteiger partial charge in [0.1, 0.15) is 5.60 Å². The van der Waals surface area contributed by atoms with E-state index in [1.54, 1.807) is 4.90 Å². The van der Waals surface area contributed by atoms with Gasteiger partial charge in [0.05, 0.1) is 30.4 Å². The van der Waals surface area contributed by atoms with Crippen LogP contribution in [-0.4, -0.2) is 50.4 Å². The number of rotatable bonds is 1. The van der Waals surface area contributed by atoms with Crippen LogP contribution in [0.25, 0.3) is 11.3 Å². The van der Waals surface area contributed by atoms with Crippen LogP contribution in [0.4, 0.5) is 4.79 Å². The molecule has 1 aromatic heterocycles. The van der Waals surface area contributed by atoms with Crippen molar-refractivity contribution in [2.45, 2.75) is 44.9 Å². The Morgan fingerprint density at radius 1 is 1.30 bits per heavy atom. The first-order chi connectivity index (χ1) is 12.8. The fourth-order valence-corrected chi connectivity index (χ4v) is 5.08. The zero-order chi connectivity index (χ0) is 19.0. The van der Waals surface area contributed by atoms with Gasteiger partial charge in [0, 0.05) is 30.0 Å². The van der Waals surface area contributed by atoms with E-state index in [-0.39, 0.29) is 23.5 Å². The highest BCUT2D eigenvalue weighted by Gasteiger charge is 2.63. The van der Waals surface area contributed by atoms with E-state index < -0.39 is 11.7 Å². The monoisotopic (exact) mass is 367 g/mol. The molecule has 3 heterocycles. The average Bonchev–Trinajstić information content (AvgIpc) is 3.13. The van der Waals surface area contributed by atoms with Crippen LogP contribution >= 0.6 is 0 Å². The van der Waals surface area contributed by atoms with Gasteiger partial charge in [-0.25, -0.2) is 9.78 Å². The standard InChI is InChI=1S/C21H25N3O3/c1-20(2,3)27-19(26)23-10-21(11-23)8-15(18(21)25)17-14-7-5-4-6-13(14)16-9-22-12-24(16)17/h4-7,9,12,15,17-18,25H,8,10-11H2,1-3H3/t15-,17+,18+/m0/s1. The number of nitrogens with zero attached hydrogens (tertiary/aromatic N) is 3. The molecular weight excluding hydrogens is 342 g/mol. The summed E-state index contributed by atoms with van der Waals surface area (Å²) >= 11 is 0. The first-order valence-corrected chi connectivity index (χ1v) is 9.56. The maximum atomic E-state index is 12.2. The highest BCUT2D eigenvalue weighted by molar-refractivity contribution is 5.70. The van der Waals surface area contributed by atoms with Gasteiger partial charge in [-0.15, -0.1) is 0 Å². The van der Waals surface area contributed by atoms with E-state index in [2.05, 4.69) is 27.8 Å². The number of aliphatic hydroxyl groups is 1. The summed E-state index contributed by atoms with van der Waals surface area (Å²) in [5, 5.41) is 11.0. The second-order valence-corrected chi connectivity index (χ2v) is 9.23. The van der Waals surface area contributed by atoms with Crippen molar-refractivity contribution in [2.24, 2.45) is 11.3 Å². The van der Waals surface area contributed by atoms with Crippen LogP contribution in [0.5, 0.6) is 0 Å². The summed E-state index contributed by atoms with van der Waals surface area (Å²) in [6.07, 6.45) is 3.96. The quantitative estimate of drug-likeness (QED) is 0.841. The van der Waals surface area contributed by atoms with Crippen LogP contribution in [0.15, 0.2) is 36.8 Å². The van der Waals surface area contributed by atoms with Crippen LogP contribution in [0, 0.1) is 11.3 Å². The van der Waals surface area contributed by atoms with Crippen molar-refractivity contribution in [1.29, 1.82) is 0 Å². The zero-order valence-electron chi connectivity index (χ0n) is 15.9. The first-order valence-electron chi connectivity index (χ1n) is 9.56. The van der Waals surface area contributed by atoms with Crippen molar-refractivity contribution < 1.29 is 14.6 Å². The average molecular weight is 367 g/mol. The maximum absolute atomic E-state index is 12.2. The molecule has 6 nitrogen and oxygen atoms in total. The molecular formula is C21H25N3O3. The van der Waals surface area contributed by atoms with E-state index >= 15 is 0 Å². The molecule has 1 saturated carbocycles. The lowest BCUT2D eigenvalue weighted by molar-refractivity contribution is -0.197. The normalized spacial score (nSPS) is 27.6. The van der Waals surface area contributed by atoms with Crippen molar-refractivity contribution >= 4 is 6.09 Å². The van der Waals surface area contributed by atoms with E-state index in [0.29, 0.717) is 13.1 Å². The molecule has 142 valence electrons. The van der Waals surface area contributed by atoms with Crippen LogP contribution in [0.3, 0.4) is 0 Å². The van der Waals surface area contributed by atoms with Crippen molar-refractivity contribution in [3.63, 3.8) is 0 Å². The molecule has 1 N–H and O–H groups in total. The predicted molar refractivity (Wildman–Crippen MR) is 100 cm³/mol. The van der Waals surface area contributed by atoms with Gasteiger partial charge in [0.2, 0.25) is 0 Å². The Morgan fingerprint density at radius 2 is 2.04 bits per heavy atom. The Hall–Kier alpha value is -2.34. The van der Waals surface area contributed by atoms with Crippen molar-refractivity contribution in [1.82, 2.24) is 14.5 Å². The minimum atomic E-state index is -0.494. The lowest BCUT2D eigenvalue weighted by Gasteiger charge is -2.63. The Kier molecular flexibility index (Phi) is 3.33. The molecule has 2 aromatic rings. The minimum absolute atomic E-state index is 0.120. The van der Waals surface area contributed by atoms with Gasteiger partial charge in [-0.2, -0.15) is 0 Å². The summed E-state index contributed by atoms with van der Waals surface area (Å²) in [4.78, 5) is 18.2. The number of benzene rings is 1. The van der Waals surface area contributed by atoms with Crippen molar-refractivity contribution in [3.05, 3.63) is 42.4 Å². The molecule has 1 spiro atoms. The number of carbonyl (C=O) groups is 1. The summed E-state index contributed by atoms with van der Waals surface area (Å²) < 4.78 is 7.63. The maximum Gasteiger partial charge on any atom is 0.410 e. The summed E-state index contributed by atoms with van der Waals surface area (Å²) in [5.74, 6) is 0.141. The molecule has 5 rings (SSSR count). The molecule has 1 aliphatic carbocycles. The first kappa shape index (κ1) is 16.8. The highest BCUT2D eigenvalue weighted by atomic mass is 16.6. The van der Waals surface area contributed by atoms with E-state index in [1.807, 2.05) is 39.4 Å². The molecule has 0 radical (unpaired) electrons. The predicted octanol–water partition coefficient (Wildman–Crippen LogP) is 3.07. The van der Waals surface area contributed by atoms with Crippen LogP contribution in [-0.2, 0) is 4.74 Å². The largest absolute Gasteiger partial charge is 0.444 e. The second kappa shape index (κ2) is 5.35. The van der Waals surface area contributed by atoms with Gasteiger partial charge in [-0.05, 0) is 32.8 Å². The topological polar surface area (TPSA) is 67.6 Å². The third kappa shape index (κ3) is 2.35. The number of ether oxygens (including phenoxy) is 1. The SMILES string of the molecule is CC(C)(C)OC(=O)N1CC2(C[C@@H]([C@H]3c4ccccc4-c4cncn43)[C@H]2O)C1. The van der Waals surface area contributed by atoms with Crippen LogP contribution < -0.4 is 0 Å². The summed E-state index contributed by atoms with van der Waals surface area (Å²) in [7, 11) is 0. The third-order valence-corrected chi connectivity index (χ3v) is 6.27. The second-order valence-electron chi connectivity index (χ2n) is 9.23. The van der Waals surface area contributed by atoms with Crippen LogP contribution in [0.2, 0.25) is 0 Å². The van der Waals surface area contributed by atoms with Crippen molar-refractivity contribution in [3.8, 4) is 11.3 Å². The summed E-state index contributed by atoms with van der Waals surface area (Å²) in [5.41, 5.74) is 2.91. The number of carbonyl (C=O) groups excluding carboxylic acids is 1. The molecule has 27 heavy (non-hydrogen) atoms. The lowest BCUT2D eigenvalue weighted by Crippen LogP contribution is -2.72. The molecule has 6 heteroatoms. The fraction of sp³-hybridized carbons (Fsp3) is 0.524. The number of hydrogen-bond acceptors (Lipinski definition) is 4. The molecule has 0 unspecified atom stereocenters. The minimum Gasteiger partial charge on any atom is -0.444 e. The number of amides is 1. The van der Waals surface area contributed by atoms with E-state index in [4.69, 9.17) is 4.74 Å². The van der Waals surface area contributed by atoms with Gasteiger partial charge in [0.15, 0.2) is 0 Å². The summed E-state index contributed by atoms with van der Waals surface area (Å²) in [6, 6.07) is 8.49. The Bertz CT molecular complexity index is 907. The molecule has 3 aliphatic rings. The zero-order valence-corrected chi connectivity index (χ0v) is 15.9. The number of likely N-dealkylation sites (tertiary alicyclic amines) is 1. The molecule has 2 aliphatic heterocycles. The highest BCUT2D eigenvalue weighted by Crippen LogP contribution is 2.59. The van der Waals surface area contributed by atoms with Gasteiger partial charge >= 0.3 is 6.09 Å². The molecule has 1 aromatic carbocycles. The summed E-state index contributed by atoms with van der Waals surface area (Å²) in [6.45, 7) is 6.76. The van der Waals surface area contributed by atoms with Crippen LogP contribution in [0.1, 0.15) is 38.8 Å². The smallest absolute Gasteiger partial charge is 0.410 e. The molecule has 1 saturated heterocycles. The fourth-order valence-electron chi connectivity index (χ4n) is 5.08. The Morgan fingerprint density at radius 3 is 2.74 bits per heavy atom. The molecule has 3 atom stereocenters. The lowest BCUT2D eigenvalue weighted by atomic mass is 9.53. The molecule has 2 fully saturated rings. The number of aromatic nitrogens is 2. The number of imidazole rings is 1. The number of hydrogen-bond donors (Lipinski definition) is 1. The third-order valence-electron chi connectivity index (χ3n) is 6.27. The van der Waals surface area contributed by atoms with E-state index in [9.17, 15) is 9.90 Å². The van der Waals surface area contributed by atoms with Gasteiger partial charge in [0.25, 0.3) is 0 Å². The van der Waals surface area contributed by atoms with Gasteiger partial charge in [-0.3, -0.25) is 0 Å². The van der Waals surface area contributed by atoms with Gasteiger partial charge in [-0.1, -0.05) is 24.3 Å². The molecule has 1 amide bonds. The Labute approximate surface area is 158 Å². The Balaban J connectivity index is 1.32. The van der Waals surface area contributed by atoms with Crippen molar-refractivity contribution in [2.75, 3.05) is 13.1 Å².